The van der Waals surface area contributed by atoms with Crippen molar-refractivity contribution in [3.63, 3.8) is 0 Å². The summed E-state index contributed by atoms with van der Waals surface area (Å²) in [6, 6.07) is 9.45. The summed E-state index contributed by atoms with van der Waals surface area (Å²) in [7, 11) is 0. The van der Waals surface area contributed by atoms with Crippen molar-refractivity contribution in [2.45, 2.75) is 25.7 Å². The summed E-state index contributed by atoms with van der Waals surface area (Å²) in [5.41, 5.74) is 6.41. The van der Waals surface area contributed by atoms with Gasteiger partial charge in [-0.15, -0.1) is 0 Å². The lowest BCUT2D eigenvalue weighted by Crippen LogP contribution is -2.47. The van der Waals surface area contributed by atoms with Gasteiger partial charge < -0.3 is 20.5 Å². The van der Waals surface area contributed by atoms with Gasteiger partial charge in [-0.2, -0.15) is 4.98 Å². The van der Waals surface area contributed by atoms with Crippen LogP contribution >= 0.6 is 0 Å². The molecule has 3 N–H and O–H groups in total. The molecule has 1 aromatic heterocycles. The lowest BCUT2D eigenvalue weighted by Gasteiger charge is -2.30. The van der Waals surface area contributed by atoms with Crippen LogP contribution in [-0.2, 0) is 17.6 Å². The van der Waals surface area contributed by atoms with Crippen molar-refractivity contribution in [1.82, 2.24) is 20.4 Å². The Labute approximate surface area is 151 Å². The second-order valence-corrected chi connectivity index (χ2v) is 6.43. The number of benzene rings is 1. The molecular weight excluding hydrogens is 334 g/mol. The largest absolute Gasteiger partial charge is 0.355 e. The van der Waals surface area contributed by atoms with Crippen LogP contribution in [0.25, 0.3) is 0 Å². The molecule has 8 heteroatoms. The van der Waals surface area contributed by atoms with Gasteiger partial charge in [0.25, 0.3) is 0 Å². The molecule has 26 heavy (non-hydrogen) atoms. The molecule has 1 aliphatic heterocycles. The summed E-state index contributed by atoms with van der Waals surface area (Å²) in [4.78, 5) is 29.4. The van der Waals surface area contributed by atoms with Crippen LogP contribution in [0.4, 0.5) is 4.79 Å². The average Bonchev–Trinajstić information content (AvgIpc) is 3.09. The Balaban J connectivity index is 1.43. The Morgan fingerprint density at radius 3 is 2.88 bits per heavy atom. The number of nitrogens with one attached hydrogen (secondary N) is 1. The van der Waals surface area contributed by atoms with E-state index in [0.717, 1.165) is 18.4 Å². The molecule has 3 amide bonds. The minimum absolute atomic E-state index is 0.0695. The maximum atomic E-state index is 12.2. The van der Waals surface area contributed by atoms with Gasteiger partial charge in [0.2, 0.25) is 11.8 Å². The minimum atomic E-state index is -0.473. The zero-order valence-electron chi connectivity index (χ0n) is 14.6. The number of carbonyl (C=O) groups excluding carboxylic acids is 2. The number of nitrogens with two attached hydrogens (primary N) is 1. The highest BCUT2D eigenvalue weighted by molar-refractivity contribution is 5.80. The van der Waals surface area contributed by atoms with Crippen molar-refractivity contribution in [3.05, 3.63) is 47.6 Å². The topological polar surface area (TPSA) is 114 Å². The standard InChI is InChI=1S/C18H23N5O3/c19-18(25)23-10-4-7-14(12-23)17(24)20-9-8-16-21-15(22-26-16)11-13-5-2-1-3-6-13/h1-3,5-6,14H,4,7-12H2,(H2,19,25)(H,20,24)/t14-/m1/s1. The molecular formula is C18H23N5O3. The molecule has 1 atom stereocenters. The van der Waals surface area contributed by atoms with Crippen molar-refractivity contribution >= 4 is 11.9 Å². The van der Waals surface area contributed by atoms with Gasteiger partial charge in [-0.1, -0.05) is 35.5 Å². The molecule has 1 fully saturated rings. The predicted molar refractivity (Wildman–Crippen MR) is 94.1 cm³/mol. The van der Waals surface area contributed by atoms with Crippen LogP contribution in [0.15, 0.2) is 34.9 Å². The van der Waals surface area contributed by atoms with E-state index >= 15 is 0 Å². The summed E-state index contributed by atoms with van der Waals surface area (Å²) in [6.07, 6.45) is 2.63. The first-order chi connectivity index (χ1) is 12.6. The number of hydrogen-bond donors (Lipinski definition) is 2. The average molecular weight is 357 g/mol. The third-order valence-corrected chi connectivity index (χ3v) is 4.46. The van der Waals surface area contributed by atoms with Crippen molar-refractivity contribution in [2.75, 3.05) is 19.6 Å². The normalized spacial score (nSPS) is 17.1. The van der Waals surface area contributed by atoms with E-state index in [1.807, 2.05) is 30.3 Å². The maximum Gasteiger partial charge on any atom is 0.314 e. The zero-order valence-corrected chi connectivity index (χ0v) is 14.6. The molecule has 0 unspecified atom stereocenters. The lowest BCUT2D eigenvalue weighted by atomic mass is 9.97. The first-order valence-corrected chi connectivity index (χ1v) is 8.79. The summed E-state index contributed by atoms with van der Waals surface area (Å²) >= 11 is 0. The van der Waals surface area contributed by atoms with Crippen molar-refractivity contribution < 1.29 is 14.1 Å². The van der Waals surface area contributed by atoms with Gasteiger partial charge in [-0.05, 0) is 18.4 Å². The molecule has 2 aromatic rings. The monoisotopic (exact) mass is 357 g/mol. The molecule has 2 heterocycles. The van der Waals surface area contributed by atoms with Gasteiger partial charge >= 0.3 is 6.03 Å². The number of rotatable bonds is 6. The Hall–Kier alpha value is -2.90. The van der Waals surface area contributed by atoms with Crippen molar-refractivity contribution in [3.8, 4) is 0 Å². The number of aromatic nitrogens is 2. The molecule has 0 aliphatic carbocycles. The summed E-state index contributed by atoms with van der Waals surface area (Å²) < 4.78 is 5.23. The Bertz CT molecular complexity index is 746. The molecule has 0 saturated carbocycles. The predicted octanol–water partition coefficient (Wildman–Crippen LogP) is 1.11. The molecule has 3 rings (SSSR count). The molecule has 1 saturated heterocycles. The highest BCUT2D eigenvalue weighted by Crippen LogP contribution is 2.16. The van der Waals surface area contributed by atoms with Crippen LogP contribution < -0.4 is 11.1 Å². The first-order valence-electron chi connectivity index (χ1n) is 8.79. The van der Waals surface area contributed by atoms with Gasteiger partial charge in [-0.25, -0.2) is 4.79 Å². The van der Waals surface area contributed by atoms with Crippen LogP contribution in [0.1, 0.15) is 30.1 Å². The third kappa shape index (κ3) is 4.81. The van der Waals surface area contributed by atoms with E-state index in [1.165, 1.54) is 4.90 Å². The SMILES string of the molecule is NC(=O)N1CCC[C@@H](C(=O)NCCc2nc(Cc3ccccc3)no2)C1. The van der Waals surface area contributed by atoms with Gasteiger partial charge in [-0.3, -0.25) is 4.79 Å². The number of amides is 3. The first kappa shape index (κ1) is 17.9. The number of nitrogens with zero attached hydrogens (tertiary/aromatic N) is 3. The molecule has 1 aromatic carbocycles. The van der Waals surface area contributed by atoms with Crippen molar-refractivity contribution in [1.29, 1.82) is 0 Å². The number of hydrogen-bond acceptors (Lipinski definition) is 5. The third-order valence-electron chi connectivity index (χ3n) is 4.46. The Morgan fingerprint density at radius 2 is 2.12 bits per heavy atom. The number of primary amides is 1. The van der Waals surface area contributed by atoms with Gasteiger partial charge in [0.05, 0.1) is 5.92 Å². The van der Waals surface area contributed by atoms with E-state index in [2.05, 4.69) is 15.5 Å². The fraction of sp³-hybridized carbons (Fsp3) is 0.444. The van der Waals surface area contributed by atoms with E-state index in [9.17, 15) is 9.59 Å². The van der Waals surface area contributed by atoms with Crippen LogP contribution in [0.3, 0.4) is 0 Å². The number of piperidine rings is 1. The Kier molecular flexibility index (Phi) is 5.83. The highest BCUT2D eigenvalue weighted by Gasteiger charge is 2.27. The molecule has 0 spiro atoms. The van der Waals surface area contributed by atoms with E-state index in [1.54, 1.807) is 0 Å². The van der Waals surface area contributed by atoms with Gasteiger partial charge in [0.1, 0.15) is 0 Å². The lowest BCUT2D eigenvalue weighted by molar-refractivity contribution is -0.126. The number of carbonyl (C=O) groups is 2. The smallest absolute Gasteiger partial charge is 0.314 e. The summed E-state index contributed by atoms with van der Waals surface area (Å²) in [5.74, 6) is 0.841. The van der Waals surface area contributed by atoms with Crippen LogP contribution in [-0.4, -0.2) is 46.6 Å². The Morgan fingerprint density at radius 1 is 1.31 bits per heavy atom. The molecule has 1 aliphatic rings. The highest BCUT2D eigenvalue weighted by atomic mass is 16.5. The minimum Gasteiger partial charge on any atom is -0.355 e. The zero-order chi connectivity index (χ0) is 18.4. The maximum absolute atomic E-state index is 12.2. The fourth-order valence-corrected chi connectivity index (χ4v) is 3.07. The van der Waals surface area contributed by atoms with Gasteiger partial charge in [0.15, 0.2) is 5.82 Å². The number of urea groups is 1. The summed E-state index contributed by atoms with van der Waals surface area (Å²) in [6.45, 7) is 1.41. The molecule has 8 nitrogen and oxygen atoms in total. The molecule has 0 bridgehead atoms. The number of likely N-dealkylation sites (tertiary alicyclic amines) is 1. The fourth-order valence-electron chi connectivity index (χ4n) is 3.07. The molecule has 0 radical (unpaired) electrons. The van der Waals surface area contributed by atoms with Crippen LogP contribution in [0, 0.1) is 5.92 Å². The van der Waals surface area contributed by atoms with E-state index in [0.29, 0.717) is 44.2 Å². The second kappa shape index (κ2) is 8.46. The van der Waals surface area contributed by atoms with E-state index < -0.39 is 6.03 Å². The van der Waals surface area contributed by atoms with Gasteiger partial charge in [0, 0.05) is 32.5 Å². The summed E-state index contributed by atoms with van der Waals surface area (Å²) in [5, 5.41) is 6.85. The second-order valence-electron chi connectivity index (χ2n) is 6.43. The quantitative estimate of drug-likeness (QED) is 0.804. The molecule has 138 valence electrons. The van der Waals surface area contributed by atoms with E-state index in [-0.39, 0.29) is 11.8 Å². The van der Waals surface area contributed by atoms with E-state index in [4.69, 9.17) is 10.3 Å². The van der Waals surface area contributed by atoms with Crippen LogP contribution in [0.2, 0.25) is 0 Å². The van der Waals surface area contributed by atoms with Crippen LogP contribution in [0.5, 0.6) is 0 Å². The van der Waals surface area contributed by atoms with Crippen molar-refractivity contribution in [2.24, 2.45) is 11.7 Å².